The zero-order valence-corrected chi connectivity index (χ0v) is 14.8. The standard InChI is InChI=1S/C20H20N4O3/c25-19-10-9-18(21-24(19)16-6-2-1-3-7-16)22-11-5-12-23(14-13-22)20(26)17-8-4-15-27-17/h1-4,6-10,15H,5,11-14H2. The Bertz CT molecular complexity index is 966. The first kappa shape index (κ1) is 17.1. The first-order valence-corrected chi connectivity index (χ1v) is 8.96. The summed E-state index contributed by atoms with van der Waals surface area (Å²) in [5.74, 6) is 0.994. The molecule has 0 bridgehead atoms. The third-order valence-electron chi connectivity index (χ3n) is 4.63. The van der Waals surface area contributed by atoms with Crippen molar-refractivity contribution < 1.29 is 9.21 Å². The monoisotopic (exact) mass is 364 g/mol. The first-order valence-electron chi connectivity index (χ1n) is 8.96. The lowest BCUT2D eigenvalue weighted by molar-refractivity contribution is 0.0735. The Morgan fingerprint density at radius 1 is 0.926 bits per heavy atom. The van der Waals surface area contributed by atoms with E-state index in [4.69, 9.17) is 4.42 Å². The molecule has 7 heteroatoms. The second kappa shape index (κ2) is 7.49. The molecule has 0 aliphatic carbocycles. The van der Waals surface area contributed by atoms with Crippen molar-refractivity contribution in [1.82, 2.24) is 14.7 Å². The second-order valence-corrected chi connectivity index (χ2v) is 6.39. The number of hydrogen-bond donors (Lipinski definition) is 0. The van der Waals surface area contributed by atoms with Crippen LogP contribution in [0.5, 0.6) is 0 Å². The molecule has 1 saturated heterocycles. The smallest absolute Gasteiger partial charge is 0.289 e. The van der Waals surface area contributed by atoms with E-state index in [1.807, 2.05) is 30.3 Å². The third-order valence-corrected chi connectivity index (χ3v) is 4.63. The van der Waals surface area contributed by atoms with Crippen LogP contribution in [0, 0.1) is 0 Å². The van der Waals surface area contributed by atoms with Gasteiger partial charge in [0.05, 0.1) is 12.0 Å². The van der Waals surface area contributed by atoms with Crippen LogP contribution in [-0.4, -0.2) is 46.8 Å². The van der Waals surface area contributed by atoms with Crippen molar-refractivity contribution in [2.75, 3.05) is 31.1 Å². The van der Waals surface area contributed by atoms with E-state index >= 15 is 0 Å². The van der Waals surface area contributed by atoms with Crippen molar-refractivity contribution in [3.63, 3.8) is 0 Å². The maximum Gasteiger partial charge on any atom is 0.289 e. The van der Waals surface area contributed by atoms with Crippen LogP contribution >= 0.6 is 0 Å². The van der Waals surface area contributed by atoms with Crippen LogP contribution in [-0.2, 0) is 0 Å². The SMILES string of the molecule is O=C(c1ccco1)N1CCCN(c2ccc(=O)n(-c3ccccc3)n2)CC1. The Kier molecular flexibility index (Phi) is 4.74. The van der Waals surface area contributed by atoms with Gasteiger partial charge < -0.3 is 14.2 Å². The van der Waals surface area contributed by atoms with Crippen LogP contribution in [0.25, 0.3) is 5.69 Å². The molecule has 1 aliphatic heterocycles. The van der Waals surface area contributed by atoms with Gasteiger partial charge in [-0.1, -0.05) is 18.2 Å². The number of hydrogen-bond acceptors (Lipinski definition) is 5. The summed E-state index contributed by atoms with van der Waals surface area (Å²) >= 11 is 0. The van der Waals surface area contributed by atoms with Crippen LogP contribution in [0.1, 0.15) is 17.0 Å². The number of carbonyl (C=O) groups is 1. The number of rotatable bonds is 3. The minimum Gasteiger partial charge on any atom is -0.459 e. The van der Waals surface area contributed by atoms with Crippen molar-refractivity contribution in [2.24, 2.45) is 0 Å². The summed E-state index contributed by atoms with van der Waals surface area (Å²) in [6.07, 6.45) is 2.33. The van der Waals surface area contributed by atoms with E-state index in [1.165, 1.54) is 17.0 Å². The summed E-state index contributed by atoms with van der Waals surface area (Å²) in [4.78, 5) is 28.6. The first-order chi connectivity index (χ1) is 13.2. The van der Waals surface area contributed by atoms with E-state index in [9.17, 15) is 9.59 Å². The van der Waals surface area contributed by atoms with Crippen LogP contribution in [0.3, 0.4) is 0 Å². The van der Waals surface area contributed by atoms with Gasteiger partial charge in [-0.15, -0.1) is 5.10 Å². The van der Waals surface area contributed by atoms with Gasteiger partial charge in [-0.3, -0.25) is 9.59 Å². The normalized spacial score (nSPS) is 14.8. The number of benzene rings is 1. The van der Waals surface area contributed by atoms with E-state index in [2.05, 4.69) is 10.00 Å². The Balaban J connectivity index is 1.53. The molecule has 4 rings (SSSR count). The van der Waals surface area contributed by atoms with Crippen molar-refractivity contribution in [3.05, 3.63) is 77.0 Å². The van der Waals surface area contributed by atoms with Gasteiger partial charge >= 0.3 is 0 Å². The van der Waals surface area contributed by atoms with E-state index < -0.39 is 0 Å². The molecular formula is C20H20N4O3. The average molecular weight is 364 g/mol. The maximum absolute atomic E-state index is 12.5. The fourth-order valence-electron chi connectivity index (χ4n) is 3.23. The predicted molar refractivity (Wildman–Crippen MR) is 101 cm³/mol. The summed E-state index contributed by atoms with van der Waals surface area (Å²) in [7, 11) is 0. The number of amides is 1. The van der Waals surface area contributed by atoms with Gasteiger partial charge in [-0.05, 0) is 36.8 Å². The summed E-state index contributed by atoms with van der Waals surface area (Å²) < 4.78 is 6.63. The predicted octanol–water partition coefficient (Wildman–Crippen LogP) is 2.18. The lowest BCUT2D eigenvalue weighted by atomic mass is 10.3. The third kappa shape index (κ3) is 3.62. The Hall–Kier alpha value is -3.35. The van der Waals surface area contributed by atoms with Gasteiger partial charge in [-0.2, -0.15) is 4.68 Å². The average Bonchev–Trinajstić information content (AvgIpc) is 3.13. The van der Waals surface area contributed by atoms with Crippen LogP contribution in [0.4, 0.5) is 5.82 Å². The topological polar surface area (TPSA) is 71.6 Å². The number of carbonyl (C=O) groups excluding carboxylic acids is 1. The Labute approximate surface area is 156 Å². The van der Waals surface area contributed by atoms with Crippen molar-refractivity contribution in [2.45, 2.75) is 6.42 Å². The molecule has 138 valence electrons. The molecule has 1 aliphatic rings. The van der Waals surface area contributed by atoms with Crippen molar-refractivity contribution in [1.29, 1.82) is 0 Å². The molecule has 0 atom stereocenters. The van der Waals surface area contributed by atoms with Gasteiger partial charge in [0.15, 0.2) is 5.76 Å². The van der Waals surface area contributed by atoms with Crippen molar-refractivity contribution in [3.8, 4) is 5.69 Å². The van der Waals surface area contributed by atoms with Gasteiger partial charge in [-0.25, -0.2) is 0 Å². The Morgan fingerprint density at radius 2 is 1.78 bits per heavy atom. The zero-order valence-electron chi connectivity index (χ0n) is 14.8. The molecule has 3 aromatic rings. The van der Waals surface area contributed by atoms with Crippen LogP contribution in [0.2, 0.25) is 0 Å². The fraction of sp³-hybridized carbons (Fsp3) is 0.250. The number of nitrogens with zero attached hydrogens (tertiary/aromatic N) is 4. The highest BCUT2D eigenvalue weighted by Gasteiger charge is 2.22. The number of para-hydroxylation sites is 1. The molecule has 0 radical (unpaired) electrons. The summed E-state index contributed by atoms with van der Waals surface area (Å²) in [6, 6.07) is 16.0. The van der Waals surface area contributed by atoms with E-state index in [-0.39, 0.29) is 11.5 Å². The van der Waals surface area contributed by atoms with E-state index in [0.29, 0.717) is 25.4 Å². The molecule has 1 fully saturated rings. The summed E-state index contributed by atoms with van der Waals surface area (Å²) in [6.45, 7) is 2.65. The fourth-order valence-corrected chi connectivity index (χ4v) is 3.23. The van der Waals surface area contributed by atoms with Gasteiger partial charge in [0.1, 0.15) is 5.82 Å². The van der Waals surface area contributed by atoms with Gasteiger partial charge in [0, 0.05) is 32.2 Å². The zero-order chi connectivity index (χ0) is 18.6. The highest BCUT2D eigenvalue weighted by molar-refractivity contribution is 5.91. The molecule has 0 spiro atoms. The minimum absolute atomic E-state index is 0.0935. The quantitative estimate of drug-likeness (QED) is 0.712. The minimum atomic E-state index is -0.172. The molecule has 0 saturated carbocycles. The molecule has 27 heavy (non-hydrogen) atoms. The number of aromatic nitrogens is 2. The lowest BCUT2D eigenvalue weighted by Crippen LogP contribution is -2.35. The largest absolute Gasteiger partial charge is 0.459 e. The van der Waals surface area contributed by atoms with Crippen LogP contribution in [0.15, 0.2) is 70.1 Å². The number of furan rings is 1. The molecule has 1 aromatic carbocycles. The molecule has 0 N–H and O–H groups in total. The highest BCUT2D eigenvalue weighted by Crippen LogP contribution is 2.15. The molecule has 2 aromatic heterocycles. The Morgan fingerprint density at radius 3 is 2.56 bits per heavy atom. The van der Waals surface area contributed by atoms with E-state index in [0.717, 1.165) is 24.5 Å². The van der Waals surface area contributed by atoms with Crippen molar-refractivity contribution >= 4 is 11.7 Å². The maximum atomic E-state index is 12.5. The van der Waals surface area contributed by atoms with E-state index in [1.54, 1.807) is 23.1 Å². The van der Waals surface area contributed by atoms with Gasteiger partial charge in [0.25, 0.3) is 11.5 Å². The second-order valence-electron chi connectivity index (χ2n) is 6.39. The molecule has 3 heterocycles. The molecule has 1 amide bonds. The molecule has 7 nitrogen and oxygen atoms in total. The molecular weight excluding hydrogens is 344 g/mol. The van der Waals surface area contributed by atoms with Gasteiger partial charge in [0.2, 0.25) is 0 Å². The highest BCUT2D eigenvalue weighted by atomic mass is 16.3. The lowest BCUT2D eigenvalue weighted by Gasteiger charge is -2.22. The van der Waals surface area contributed by atoms with Crippen LogP contribution < -0.4 is 10.5 Å². The molecule has 0 unspecified atom stereocenters. The number of anilines is 1. The summed E-state index contributed by atoms with van der Waals surface area (Å²) in [5.41, 5.74) is 0.559. The summed E-state index contributed by atoms with van der Waals surface area (Å²) in [5, 5.41) is 4.54.